The van der Waals surface area contributed by atoms with Crippen LogP contribution in [-0.2, 0) is 6.54 Å². The molecule has 0 radical (unpaired) electrons. The molecular weight excluding hydrogens is 400 g/mol. The summed E-state index contributed by atoms with van der Waals surface area (Å²) in [5.41, 5.74) is 3.22. The van der Waals surface area contributed by atoms with Crippen LogP contribution in [0, 0.1) is 0 Å². The third-order valence-corrected chi connectivity index (χ3v) is 5.90. The number of nitrogens with zero attached hydrogens (tertiary/aromatic N) is 5. The van der Waals surface area contributed by atoms with Crippen molar-refractivity contribution in [1.82, 2.24) is 24.8 Å². The van der Waals surface area contributed by atoms with E-state index in [2.05, 4.69) is 49.1 Å². The molecule has 0 saturated carbocycles. The van der Waals surface area contributed by atoms with Crippen molar-refractivity contribution in [2.24, 2.45) is 0 Å². The summed E-state index contributed by atoms with van der Waals surface area (Å²) in [6.45, 7) is 3.33. The van der Waals surface area contributed by atoms with Gasteiger partial charge in [0.05, 0.1) is 11.3 Å². The molecule has 162 valence electrons. The number of carbonyl (C=O) groups excluding carboxylic acids is 1. The van der Waals surface area contributed by atoms with Crippen LogP contribution in [0.1, 0.15) is 29.6 Å². The number of aromatic nitrogens is 4. The smallest absolute Gasteiger partial charge is 0.255 e. The molecule has 4 aromatic rings. The molecule has 1 fully saturated rings. The van der Waals surface area contributed by atoms with Gasteiger partial charge in [0.1, 0.15) is 0 Å². The van der Waals surface area contributed by atoms with Crippen LogP contribution in [-0.4, -0.2) is 45.1 Å². The monoisotopic (exact) mass is 426 g/mol. The number of amides is 1. The summed E-state index contributed by atoms with van der Waals surface area (Å²) < 4.78 is 2.22. The Kier molecular flexibility index (Phi) is 5.79. The van der Waals surface area contributed by atoms with E-state index in [1.807, 2.05) is 24.3 Å². The molecule has 0 aliphatic carbocycles. The van der Waals surface area contributed by atoms with Gasteiger partial charge in [0.25, 0.3) is 5.91 Å². The zero-order valence-corrected chi connectivity index (χ0v) is 17.9. The van der Waals surface area contributed by atoms with Crippen molar-refractivity contribution < 1.29 is 4.79 Å². The molecule has 1 aromatic carbocycles. The molecule has 1 aliphatic rings. The quantitative estimate of drug-likeness (QED) is 0.454. The van der Waals surface area contributed by atoms with E-state index in [1.165, 1.54) is 10.9 Å². The highest BCUT2D eigenvalue weighted by Crippen LogP contribution is 2.24. The van der Waals surface area contributed by atoms with Crippen LogP contribution in [0.2, 0.25) is 0 Å². The molecule has 32 heavy (non-hydrogen) atoms. The van der Waals surface area contributed by atoms with Crippen molar-refractivity contribution in [2.45, 2.75) is 25.8 Å². The molecule has 4 heterocycles. The maximum atomic E-state index is 13.0. The molecule has 1 amide bonds. The van der Waals surface area contributed by atoms with Gasteiger partial charge in [0.2, 0.25) is 5.95 Å². The molecule has 1 N–H and O–H groups in total. The van der Waals surface area contributed by atoms with E-state index >= 15 is 0 Å². The van der Waals surface area contributed by atoms with Crippen LogP contribution in [0.5, 0.6) is 0 Å². The molecule has 7 nitrogen and oxygen atoms in total. The van der Waals surface area contributed by atoms with E-state index in [1.54, 1.807) is 18.6 Å². The number of aryl methyl sites for hydroxylation is 1. The number of nitrogens with one attached hydrogen (secondary N) is 1. The summed E-state index contributed by atoms with van der Waals surface area (Å²) in [4.78, 5) is 28.6. The van der Waals surface area contributed by atoms with Crippen LogP contribution in [0.4, 0.5) is 5.95 Å². The lowest BCUT2D eigenvalue weighted by atomic mass is 10.1. The Morgan fingerprint density at radius 2 is 1.84 bits per heavy atom. The number of benzene rings is 1. The third kappa shape index (κ3) is 4.19. The van der Waals surface area contributed by atoms with Crippen molar-refractivity contribution >= 4 is 22.8 Å². The standard InChI is InChI=1S/C25H26N6O/c32-24(27-11-5-16-30-17-10-19-6-1-2-7-22(19)30)21-18-28-25(31-14-3-4-15-31)29-23(21)20-8-12-26-13-9-20/h1-2,6-10,12-13,17-18H,3-5,11,14-16H2,(H,27,32). The molecule has 1 saturated heterocycles. The lowest BCUT2D eigenvalue weighted by molar-refractivity contribution is 0.0953. The topological polar surface area (TPSA) is 75.9 Å². The Bertz CT molecular complexity index is 1210. The zero-order valence-electron chi connectivity index (χ0n) is 17.9. The van der Waals surface area contributed by atoms with Gasteiger partial charge in [-0.3, -0.25) is 9.78 Å². The summed E-state index contributed by atoms with van der Waals surface area (Å²) in [5, 5.41) is 4.28. The van der Waals surface area contributed by atoms with Gasteiger partial charge in [-0.1, -0.05) is 18.2 Å². The number of hydrogen-bond acceptors (Lipinski definition) is 5. The molecule has 0 bridgehead atoms. The fourth-order valence-electron chi connectivity index (χ4n) is 4.22. The Labute approximate surface area is 187 Å². The van der Waals surface area contributed by atoms with Gasteiger partial charge in [-0.2, -0.15) is 0 Å². The average molecular weight is 427 g/mol. The van der Waals surface area contributed by atoms with E-state index in [-0.39, 0.29) is 5.91 Å². The zero-order chi connectivity index (χ0) is 21.8. The summed E-state index contributed by atoms with van der Waals surface area (Å²) in [6.07, 6.45) is 10.3. The van der Waals surface area contributed by atoms with E-state index in [0.29, 0.717) is 23.8 Å². The Hall–Kier alpha value is -3.74. The van der Waals surface area contributed by atoms with Gasteiger partial charge < -0.3 is 14.8 Å². The second kappa shape index (κ2) is 9.18. The van der Waals surface area contributed by atoms with Crippen LogP contribution in [0.25, 0.3) is 22.2 Å². The maximum absolute atomic E-state index is 13.0. The lowest BCUT2D eigenvalue weighted by Crippen LogP contribution is -2.27. The van der Waals surface area contributed by atoms with Gasteiger partial charge in [-0.05, 0) is 48.9 Å². The van der Waals surface area contributed by atoms with Gasteiger partial charge >= 0.3 is 0 Å². The first-order chi connectivity index (χ1) is 15.8. The van der Waals surface area contributed by atoms with Crippen molar-refractivity contribution in [1.29, 1.82) is 0 Å². The first-order valence-corrected chi connectivity index (χ1v) is 11.1. The minimum Gasteiger partial charge on any atom is -0.352 e. The first-order valence-electron chi connectivity index (χ1n) is 11.1. The Morgan fingerprint density at radius 1 is 1.03 bits per heavy atom. The summed E-state index contributed by atoms with van der Waals surface area (Å²) in [5.74, 6) is 0.535. The highest BCUT2D eigenvalue weighted by atomic mass is 16.1. The van der Waals surface area contributed by atoms with Gasteiger partial charge in [-0.15, -0.1) is 0 Å². The molecule has 7 heteroatoms. The molecule has 0 atom stereocenters. The molecule has 0 spiro atoms. The number of anilines is 1. The largest absolute Gasteiger partial charge is 0.352 e. The number of rotatable bonds is 7. The SMILES string of the molecule is O=C(NCCCn1ccc2ccccc21)c1cnc(N2CCCC2)nc1-c1ccncc1. The van der Waals surface area contributed by atoms with Gasteiger partial charge in [-0.25, -0.2) is 9.97 Å². The van der Waals surface area contributed by atoms with Crippen LogP contribution >= 0.6 is 0 Å². The first kappa shape index (κ1) is 20.2. The van der Waals surface area contributed by atoms with E-state index in [4.69, 9.17) is 4.98 Å². The number of pyridine rings is 1. The fourth-order valence-corrected chi connectivity index (χ4v) is 4.22. The van der Waals surface area contributed by atoms with Gasteiger partial charge in [0, 0.05) is 62.0 Å². The molecule has 0 unspecified atom stereocenters. The lowest BCUT2D eigenvalue weighted by Gasteiger charge is -2.17. The number of para-hydroxylation sites is 1. The van der Waals surface area contributed by atoms with Crippen LogP contribution in [0.3, 0.4) is 0 Å². The van der Waals surface area contributed by atoms with E-state index in [9.17, 15) is 4.79 Å². The number of hydrogen-bond donors (Lipinski definition) is 1. The maximum Gasteiger partial charge on any atom is 0.255 e. The van der Waals surface area contributed by atoms with Crippen LogP contribution < -0.4 is 10.2 Å². The van der Waals surface area contributed by atoms with Crippen molar-refractivity contribution in [3.05, 3.63) is 72.8 Å². The van der Waals surface area contributed by atoms with E-state index < -0.39 is 0 Å². The molecular formula is C25H26N6O. The predicted octanol–water partition coefficient (Wildman–Crippen LogP) is 3.91. The Balaban J connectivity index is 1.29. The van der Waals surface area contributed by atoms with Crippen molar-refractivity contribution in [2.75, 3.05) is 24.5 Å². The van der Waals surface area contributed by atoms with E-state index in [0.717, 1.165) is 44.5 Å². The predicted molar refractivity (Wildman–Crippen MR) is 126 cm³/mol. The highest BCUT2D eigenvalue weighted by Gasteiger charge is 2.20. The molecule has 5 rings (SSSR count). The minimum absolute atomic E-state index is 0.151. The second-order valence-electron chi connectivity index (χ2n) is 8.04. The summed E-state index contributed by atoms with van der Waals surface area (Å²) >= 11 is 0. The minimum atomic E-state index is -0.151. The Morgan fingerprint density at radius 3 is 2.69 bits per heavy atom. The number of carbonyl (C=O) groups is 1. The highest BCUT2D eigenvalue weighted by molar-refractivity contribution is 5.99. The molecule has 3 aromatic heterocycles. The van der Waals surface area contributed by atoms with Gasteiger partial charge in [0.15, 0.2) is 0 Å². The van der Waals surface area contributed by atoms with Crippen molar-refractivity contribution in [3.63, 3.8) is 0 Å². The van der Waals surface area contributed by atoms with Crippen LogP contribution in [0.15, 0.2) is 67.3 Å². The normalized spacial score (nSPS) is 13.6. The summed E-state index contributed by atoms with van der Waals surface area (Å²) in [6, 6.07) is 14.2. The summed E-state index contributed by atoms with van der Waals surface area (Å²) in [7, 11) is 0. The second-order valence-corrected chi connectivity index (χ2v) is 8.04. The fraction of sp³-hybridized carbons (Fsp3) is 0.280. The van der Waals surface area contributed by atoms with Crippen molar-refractivity contribution in [3.8, 4) is 11.3 Å². The number of fused-ring (bicyclic) bond motifs is 1. The third-order valence-electron chi connectivity index (χ3n) is 5.90. The molecule has 1 aliphatic heterocycles. The average Bonchev–Trinajstić information content (AvgIpc) is 3.53.